The number of carbonyl (C=O) groups is 2. The van der Waals surface area contributed by atoms with E-state index in [0.29, 0.717) is 57.9 Å². The maximum atomic E-state index is 12.9. The van der Waals surface area contributed by atoms with Crippen LogP contribution in [0.1, 0.15) is 39.2 Å². The summed E-state index contributed by atoms with van der Waals surface area (Å²) < 4.78 is 38.1. The van der Waals surface area contributed by atoms with E-state index in [9.17, 15) is 22.8 Å². The largest absolute Gasteiger partial charge is 0.417 e. The van der Waals surface area contributed by atoms with E-state index in [4.69, 9.17) is 0 Å². The van der Waals surface area contributed by atoms with Crippen molar-refractivity contribution in [2.45, 2.75) is 39.8 Å². The third-order valence-corrected chi connectivity index (χ3v) is 5.76. The van der Waals surface area contributed by atoms with Crippen molar-refractivity contribution in [1.82, 2.24) is 14.8 Å². The molecule has 2 fully saturated rings. The monoisotopic (exact) mass is 426 g/mol. The third kappa shape index (κ3) is 5.05. The fourth-order valence-electron chi connectivity index (χ4n) is 3.96. The molecule has 9 heteroatoms. The van der Waals surface area contributed by atoms with Crippen molar-refractivity contribution in [2.24, 2.45) is 11.3 Å². The highest BCUT2D eigenvalue weighted by Crippen LogP contribution is 2.30. The topological polar surface area (TPSA) is 56.8 Å². The zero-order valence-corrected chi connectivity index (χ0v) is 17.7. The first-order chi connectivity index (χ1) is 14.0. The number of piperazine rings is 1. The van der Waals surface area contributed by atoms with Gasteiger partial charge in [-0.3, -0.25) is 9.59 Å². The van der Waals surface area contributed by atoms with Crippen molar-refractivity contribution in [3.05, 3.63) is 23.9 Å². The molecule has 166 valence electrons. The van der Waals surface area contributed by atoms with E-state index in [0.717, 1.165) is 12.3 Å². The van der Waals surface area contributed by atoms with Crippen LogP contribution in [-0.2, 0) is 15.8 Å². The number of piperidine rings is 1. The number of rotatable bonds is 2. The number of nitrogens with zero attached hydrogens (tertiary/aromatic N) is 4. The van der Waals surface area contributed by atoms with Crippen molar-refractivity contribution >= 4 is 17.6 Å². The van der Waals surface area contributed by atoms with Gasteiger partial charge in [-0.1, -0.05) is 20.8 Å². The number of aromatic nitrogens is 1. The van der Waals surface area contributed by atoms with Crippen molar-refractivity contribution in [3.8, 4) is 0 Å². The molecule has 0 radical (unpaired) electrons. The van der Waals surface area contributed by atoms with Crippen LogP contribution in [0.3, 0.4) is 0 Å². The van der Waals surface area contributed by atoms with Crippen molar-refractivity contribution in [1.29, 1.82) is 0 Å². The molecule has 3 heterocycles. The number of hydrogen-bond donors (Lipinski definition) is 0. The van der Waals surface area contributed by atoms with Crippen molar-refractivity contribution in [3.63, 3.8) is 0 Å². The molecule has 0 bridgehead atoms. The van der Waals surface area contributed by atoms with Gasteiger partial charge in [0.05, 0.1) is 5.56 Å². The van der Waals surface area contributed by atoms with E-state index < -0.39 is 17.2 Å². The summed E-state index contributed by atoms with van der Waals surface area (Å²) in [6.07, 6.45) is -2.22. The number of likely N-dealkylation sites (tertiary alicyclic amines) is 1. The summed E-state index contributed by atoms with van der Waals surface area (Å²) in [5.74, 6) is 0.637. The van der Waals surface area contributed by atoms with Gasteiger partial charge in [0.2, 0.25) is 11.8 Å². The van der Waals surface area contributed by atoms with Gasteiger partial charge in [-0.25, -0.2) is 4.98 Å². The zero-order chi connectivity index (χ0) is 22.1. The molecule has 0 aromatic carbocycles. The first-order valence-corrected chi connectivity index (χ1v) is 10.3. The van der Waals surface area contributed by atoms with Crippen LogP contribution >= 0.6 is 0 Å². The van der Waals surface area contributed by atoms with E-state index in [1.54, 1.807) is 0 Å². The normalized spacial score (nSPS) is 19.2. The second-order valence-electron chi connectivity index (χ2n) is 9.03. The lowest BCUT2D eigenvalue weighted by molar-refractivity contribution is -0.145. The average Bonchev–Trinajstić information content (AvgIpc) is 2.72. The predicted molar refractivity (Wildman–Crippen MR) is 107 cm³/mol. The number of hydrogen-bond acceptors (Lipinski definition) is 4. The Labute approximate surface area is 175 Å². The molecule has 2 aliphatic rings. The lowest BCUT2D eigenvalue weighted by atomic mass is 9.90. The van der Waals surface area contributed by atoms with Crippen LogP contribution in [-0.4, -0.2) is 65.9 Å². The van der Waals surface area contributed by atoms with Gasteiger partial charge in [0.25, 0.3) is 0 Å². The summed E-state index contributed by atoms with van der Waals surface area (Å²) in [5, 5.41) is 0. The summed E-state index contributed by atoms with van der Waals surface area (Å²) in [7, 11) is 0. The van der Waals surface area contributed by atoms with Gasteiger partial charge in [0, 0.05) is 56.8 Å². The highest BCUT2D eigenvalue weighted by molar-refractivity contribution is 5.83. The van der Waals surface area contributed by atoms with Crippen LogP contribution < -0.4 is 4.90 Å². The van der Waals surface area contributed by atoms with E-state index in [2.05, 4.69) is 4.98 Å². The average molecular weight is 426 g/mol. The number of alkyl halides is 3. The zero-order valence-electron chi connectivity index (χ0n) is 17.7. The summed E-state index contributed by atoms with van der Waals surface area (Å²) in [6.45, 7) is 9.00. The van der Waals surface area contributed by atoms with E-state index >= 15 is 0 Å². The molecular weight excluding hydrogens is 397 g/mol. The van der Waals surface area contributed by atoms with Crippen molar-refractivity contribution in [2.75, 3.05) is 44.2 Å². The molecule has 0 atom stereocenters. The lowest BCUT2D eigenvalue weighted by Crippen LogP contribution is -2.52. The molecule has 0 saturated carbocycles. The molecule has 0 spiro atoms. The Morgan fingerprint density at radius 1 is 0.933 bits per heavy atom. The molecule has 30 heavy (non-hydrogen) atoms. The van der Waals surface area contributed by atoms with Gasteiger partial charge in [0.15, 0.2) is 0 Å². The van der Waals surface area contributed by atoms with Gasteiger partial charge in [0.1, 0.15) is 5.82 Å². The Hall–Kier alpha value is -2.32. The number of amides is 2. The standard InChI is InChI=1S/C21H29F3N4O2/c1-20(2,3)19(30)28-8-6-15(7-9-28)18(29)27-12-10-26(11-13-27)17-5-4-16(14-25-17)21(22,23)24/h4-5,14-15H,6-13H2,1-3H3. The third-order valence-electron chi connectivity index (χ3n) is 5.76. The first kappa shape index (κ1) is 22.4. The van der Waals surface area contributed by atoms with E-state index in [1.165, 1.54) is 6.07 Å². The number of anilines is 1. The molecule has 0 unspecified atom stereocenters. The fraction of sp³-hybridized carbons (Fsp3) is 0.667. The molecule has 6 nitrogen and oxygen atoms in total. The van der Waals surface area contributed by atoms with Crippen LogP contribution in [0.15, 0.2) is 18.3 Å². The van der Waals surface area contributed by atoms with Crippen molar-refractivity contribution < 1.29 is 22.8 Å². The Kier molecular flexibility index (Phi) is 6.29. The molecule has 0 N–H and O–H groups in total. The minimum atomic E-state index is -4.40. The quantitative estimate of drug-likeness (QED) is 0.730. The molecule has 2 amide bonds. The summed E-state index contributed by atoms with van der Waals surface area (Å²) in [6, 6.07) is 2.41. The van der Waals surface area contributed by atoms with Gasteiger partial charge in [-0.05, 0) is 25.0 Å². The highest BCUT2D eigenvalue weighted by atomic mass is 19.4. The number of carbonyl (C=O) groups excluding carboxylic acids is 2. The van der Waals surface area contributed by atoms with Gasteiger partial charge in [-0.2, -0.15) is 13.2 Å². The van der Waals surface area contributed by atoms with Crippen LogP contribution in [0.5, 0.6) is 0 Å². The SMILES string of the molecule is CC(C)(C)C(=O)N1CCC(C(=O)N2CCN(c3ccc(C(F)(F)F)cn3)CC2)CC1. The predicted octanol–water partition coefficient (Wildman–Crippen LogP) is 3.03. The van der Waals surface area contributed by atoms with E-state index in [1.807, 2.05) is 35.5 Å². The Morgan fingerprint density at radius 3 is 2.00 bits per heavy atom. The van der Waals surface area contributed by atoms with Crippen LogP contribution in [0.4, 0.5) is 19.0 Å². The second kappa shape index (κ2) is 8.43. The van der Waals surface area contributed by atoms with Gasteiger partial charge in [-0.15, -0.1) is 0 Å². The first-order valence-electron chi connectivity index (χ1n) is 10.3. The molecule has 3 rings (SSSR count). The summed E-state index contributed by atoms with van der Waals surface area (Å²) >= 11 is 0. The molecular formula is C21H29F3N4O2. The van der Waals surface area contributed by atoms with Crippen LogP contribution in [0, 0.1) is 11.3 Å². The number of pyridine rings is 1. The minimum Gasteiger partial charge on any atom is -0.353 e. The molecule has 1 aromatic rings. The summed E-state index contributed by atoms with van der Waals surface area (Å²) in [4.78, 5) is 34.8. The van der Waals surface area contributed by atoms with Crippen LogP contribution in [0.25, 0.3) is 0 Å². The summed E-state index contributed by atoms with van der Waals surface area (Å²) in [5.41, 5.74) is -1.18. The minimum absolute atomic E-state index is 0.0789. The van der Waals surface area contributed by atoms with Gasteiger partial charge < -0.3 is 14.7 Å². The molecule has 0 aliphatic carbocycles. The second-order valence-corrected chi connectivity index (χ2v) is 9.03. The smallest absolute Gasteiger partial charge is 0.353 e. The maximum absolute atomic E-state index is 12.9. The molecule has 2 aliphatic heterocycles. The van der Waals surface area contributed by atoms with E-state index in [-0.39, 0.29) is 17.7 Å². The fourth-order valence-corrected chi connectivity index (χ4v) is 3.96. The Bertz CT molecular complexity index is 758. The Morgan fingerprint density at radius 2 is 1.53 bits per heavy atom. The Balaban J connectivity index is 1.49. The maximum Gasteiger partial charge on any atom is 0.417 e. The highest BCUT2D eigenvalue weighted by Gasteiger charge is 2.35. The molecule has 2 saturated heterocycles. The number of halogens is 3. The van der Waals surface area contributed by atoms with Crippen LogP contribution in [0.2, 0.25) is 0 Å². The van der Waals surface area contributed by atoms with Gasteiger partial charge >= 0.3 is 6.18 Å². The lowest BCUT2D eigenvalue weighted by Gasteiger charge is -2.39. The molecule has 1 aromatic heterocycles.